The van der Waals surface area contributed by atoms with Crippen molar-refractivity contribution in [2.24, 2.45) is 10.2 Å². The fraction of sp³-hybridized carbons (Fsp3) is 0.286. The first-order valence-corrected chi connectivity index (χ1v) is 9.27. The molecule has 0 unspecified atom stereocenters. The van der Waals surface area contributed by atoms with Crippen molar-refractivity contribution < 1.29 is 18.7 Å². The van der Waals surface area contributed by atoms with E-state index in [1.165, 1.54) is 37.5 Å². The fourth-order valence-corrected chi connectivity index (χ4v) is 2.72. The van der Waals surface area contributed by atoms with Gasteiger partial charge in [-0.2, -0.15) is 10.2 Å². The average Bonchev–Trinajstić information content (AvgIpc) is 3.52. The number of benzene rings is 1. The first-order valence-electron chi connectivity index (χ1n) is 9.27. The maximum Gasteiger partial charge on any atom is 0.269 e. The Hall–Kier alpha value is -3.80. The molecular formula is C21H20FN5O3. The number of carbonyl (C=O) groups is 2. The largest absolute Gasteiger partial charge is 0.454 e. The highest BCUT2D eigenvalue weighted by atomic mass is 19.1. The van der Waals surface area contributed by atoms with Crippen LogP contribution in [-0.2, 0) is 4.79 Å². The van der Waals surface area contributed by atoms with E-state index in [4.69, 9.17) is 11.2 Å². The maximum atomic E-state index is 14.4. The summed E-state index contributed by atoms with van der Waals surface area (Å²) in [5, 5.41) is 13.1. The van der Waals surface area contributed by atoms with Gasteiger partial charge in [-0.15, -0.1) is 12.3 Å². The molecular weight excluding hydrogens is 389 g/mol. The van der Waals surface area contributed by atoms with E-state index >= 15 is 0 Å². The molecule has 1 aromatic carbocycles. The van der Waals surface area contributed by atoms with Gasteiger partial charge in [-0.3, -0.25) is 14.6 Å². The van der Waals surface area contributed by atoms with E-state index < -0.39 is 11.5 Å². The highest BCUT2D eigenvalue weighted by Crippen LogP contribution is 2.37. The van der Waals surface area contributed by atoms with Gasteiger partial charge in [0, 0.05) is 56.7 Å². The lowest BCUT2D eigenvalue weighted by Crippen LogP contribution is -2.19. The average molecular weight is 409 g/mol. The van der Waals surface area contributed by atoms with Gasteiger partial charge in [-0.1, -0.05) is 0 Å². The molecule has 2 N–H and O–H groups in total. The number of terminal acetylenes is 1. The van der Waals surface area contributed by atoms with Crippen molar-refractivity contribution in [1.29, 1.82) is 0 Å². The van der Waals surface area contributed by atoms with Crippen LogP contribution in [0.2, 0.25) is 0 Å². The number of carbonyl (C=O) groups excluding carboxylic acids is 2. The standard InChI is InChI=1S/C21H20FN5O3/c1-3-4-9-21(26-27-21)10-7-19(28)25-14-5-6-18(16(22)12-14)30-15-8-11-24-17(13-15)20(29)23-2/h1,5-6,8,11-13H,4,7,9-10H2,2H3,(H,23,29)(H,25,28). The topological polar surface area (TPSA) is 105 Å². The molecule has 2 aromatic rings. The Morgan fingerprint density at radius 1 is 1.23 bits per heavy atom. The zero-order chi connectivity index (χ0) is 21.6. The number of pyridine rings is 1. The van der Waals surface area contributed by atoms with Crippen LogP contribution >= 0.6 is 0 Å². The third-order valence-corrected chi connectivity index (χ3v) is 4.44. The van der Waals surface area contributed by atoms with Crippen LogP contribution in [-0.4, -0.2) is 29.5 Å². The predicted octanol–water partition coefficient (Wildman–Crippen LogP) is 3.67. The van der Waals surface area contributed by atoms with Crippen LogP contribution in [0.15, 0.2) is 46.8 Å². The zero-order valence-corrected chi connectivity index (χ0v) is 16.3. The van der Waals surface area contributed by atoms with E-state index in [2.05, 4.69) is 31.8 Å². The lowest BCUT2D eigenvalue weighted by atomic mass is 10.0. The second kappa shape index (κ2) is 9.13. The molecule has 0 bridgehead atoms. The van der Waals surface area contributed by atoms with Gasteiger partial charge in [0.25, 0.3) is 5.91 Å². The summed E-state index contributed by atoms with van der Waals surface area (Å²) in [7, 11) is 1.48. The van der Waals surface area contributed by atoms with Crippen molar-refractivity contribution >= 4 is 17.5 Å². The molecule has 9 heteroatoms. The van der Waals surface area contributed by atoms with Crippen molar-refractivity contribution in [3.8, 4) is 23.8 Å². The van der Waals surface area contributed by atoms with Gasteiger partial charge < -0.3 is 15.4 Å². The smallest absolute Gasteiger partial charge is 0.269 e. The summed E-state index contributed by atoms with van der Waals surface area (Å²) in [6.45, 7) is 0. The Bertz CT molecular complexity index is 1030. The highest BCUT2D eigenvalue weighted by molar-refractivity contribution is 5.92. The monoisotopic (exact) mass is 409 g/mol. The minimum atomic E-state index is -0.663. The summed E-state index contributed by atoms with van der Waals surface area (Å²) in [5.41, 5.74) is -0.0912. The lowest BCUT2D eigenvalue weighted by molar-refractivity contribution is -0.116. The summed E-state index contributed by atoms with van der Waals surface area (Å²) in [6, 6.07) is 6.99. The fourth-order valence-electron chi connectivity index (χ4n) is 2.72. The third-order valence-electron chi connectivity index (χ3n) is 4.44. The SMILES string of the molecule is C#CCCC1(CCC(=O)Nc2ccc(Oc3ccnc(C(=O)NC)c3)c(F)c2)N=N1. The molecule has 1 aliphatic heterocycles. The molecule has 0 saturated heterocycles. The Morgan fingerprint density at radius 2 is 2.03 bits per heavy atom. The van der Waals surface area contributed by atoms with Gasteiger partial charge in [0.05, 0.1) is 0 Å². The summed E-state index contributed by atoms with van der Waals surface area (Å²) < 4.78 is 19.9. The van der Waals surface area contributed by atoms with Gasteiger partial charge >= 0.3 is 0 Å². The van der Waals surface area contributed by atoms with Crippen molar-refractivity contribution in [3.63, 3.8) is 0 Å². The summed E-state index contributed by atoms with van der Waals surface area (Å²) in [5.74, 6) is 1.42. The van der Waals surface area contributed by atoms with E-state index in [1.807, 2.05) is 0 Å². The van der Waals surface area contributed by atoms with Crippen LogP contribution in [0.5, 0.6) is 11.5 Å². The Kier molecular flexibility index (Phi) is 6.37. The molecule has 2 heterocycles. The molecule has 1 aliphatic rings. The van der Waals surface area contributed by atoms with E-state index in [1.54, 1.807) is 0 Å². The summed E-state index contributed by atoms with van der Waals surface area (Å²) >= 11 is 0. The van der Waals surface area contributed by atoms with Gasteiger partial charge in [-0.05, 0) is 18.2 Å². The normalized spacial score (nSPS) is 13.2. The van der Waals surface area contributed by atoms with Crippen LogP contribution in [0, 0.1) is 18.2 Å². The first kappa shape index (κ1) is 20.9. The highest BCUT2D eigenvalue weighted by Gasteiger charge is 2.39. The van der Waals surface area contributed by atoms with Gasteiger partial charge in [0.2, 0.25) is 5.91 Å². The molecule has 0 radical (unpaired) electrons. The van der Waals surface area contributed by atoms with E-state index in [0.717, 1.165) is 6.07 Å². The minimum absolute atomic E-state index is 0.0501. The molecule has 0 atom stereocenters. The van der Waals surface area contributed by atoms with E-state index in [-0.39, 0.29) is 35.4 Å². The summed E-state index contributed by atoms with van der Waals surface area (Å²) in [4.78, 5) is 27.7. The number of nitrogens with zero attached hydrogens (tertiary/aromatic N) is 3. The second-order valence-electron chi connectivity index (χ2n) is 6.64. The number of anilines is 1. The van der Waals surface area contributed by atoms with Crippen molar-refractivity contribution in [2.75, 3.05) is 12.4 Å². The summed E-state index contributed by atoms with van der Waals surface area (Å²) in [6.07, 6.45) is 8.45. The number of amides is 2. The number of rotatable bonds is 9. The van der Waals surface area contributed by atoms with Crippen LogP contribution in [0.4, 0.5) is 10.1 Å². The molecule has 0 saturated carbocycles. The molecule has 0 fully saturated rings. The maximum absolute atomic E-state index is 14.4. The van der Waals surface area contributed by atoms with Crippen LogP contribution in [0.1, 0.15) is 36.2 Å². The quantitative estimate of drug-likeness (QED) is 0.617. The van der Waals surface area contributed by atoms with E-state index in [9.17, 15) is 14.0 Å². The lowest BCUT2D eigenvalue weighted by Gasteiger charge is -2.11. The number of ether oxygens (including phenoxy) is 1. The van der Waals surface area contributed by atoms with Crippen molar-refractivity contribution in [3.05, 3.63) is 48.0 Å². The molecule has 3 rings (SSSR count). The van der Waals surface area contributed by atoms with Gasteiger partial charge in [-0.25, -0.2) is 4.39 Å². The van der Waals surface area contributed by atoms with Gasteiger partial charge in [0.1, 0.15) is 11.4 Å². The predicted molar refractivity (Wildman–Crippen MR) is 108 cm³/mol. The minimum Gasteiger partial charge on any atom is -0.454 e. The number of nitrogens with one attached hydrogen (secondary N) is 2. The second-order valence-corrected chi connectivity index (χ2v) is 6.64. The van der Waals surface area contributed by atoms with Crippen LogP contribution < -0.4 is 15.4 Å². The number of halogens is 1. The molecule has 1 aromatic heterocycles. The number of aromatic nitrogens is 1. The molecule has 0 aliphatic carbocycles. The Morgan fingerprint density at radius 3 is 2.70 bits per heavy atom. The molecule has 8 nitrogen and oxygen atoms in total. The first-order chi connectivity index (χ1) is 14.4. The number of hydrogen-bond donors (Lipinski definition) is 2. The number of hydrogen-bond acceptors (Lipinski definition) is 6. The zero-order valence-electron chi connectivity index (χ0n) is 16.3. The van der Waals surface area contributed by atoms with Crippen molar-refractivity contribution in [1.82, 2.24) is 10.3 Å². The van der Waals surface area contributed by atoms with Gasteiger partial charge in [0.15, 0.2) is 17.2 Å². The Balaban J connectivity index is 1.57. The molecule has 2 amide bonds. The van der Waals surface area contributed by atoms with Crippen LogP contribution in [0.25, 0.3) is 0 Å². The molecule has 154 valence electrons. The van der Waals surface area contributed by atoms with E-state index in [0.29, 0.717) is 24.9 Å². The Labute approximate surface area is 172 Å². The molecule has 0 spiro atoms. The third kappa shape index (κ3) is 5.38. The van der Waals surface area contributed by atoms with Crippen LogP contribution in [0.3, 0.4) is 0 Å². The van der Waals surface area contributed by atoms with Crippen molar-refractivity contribution in [2.45, 2.75) is 31.3 Å². The molecule has 30 heavy (non-hydrogen) atoms.